The molecule has 6 heteroatoms. The summed E-state index contributed by atoms with van der Waals surface area (Å²) in [5, 5.41) is 7.00. The van der Waals surface area contributed by atoms with Crippen molar-refractivity contribution in [2.45, 2.75) is 46.5 Å². The Morgan fingerprint density at radius 1 is 1.03 bits per heavy atom. The van der Waals surface area contributed by atoms with Crippen molar-refractivity contribution in [1.82, 2.24) is 14.9 Å². The van der Waals surface area contributed by atoms with E-state index in [0.29, 0.717) is 17.8 Å². The fourth-order valence-electron chi connectivity index (χ4n) is 3.69. The molecule has 0 atom stereocenters. The first-order valence-electron chi connectivity index (χ1n) is 10.7. The summed E-state index contributed by atoms with van der Waals surface area (Å²) >= 11 is 0. The second kappa shape index (κ2) is 10.0. The molecule has 0 radical (unpaired) electrons. The highest BCUT2D eigenvalue weighted by molar-refractivity contribution is 5.66. The zero-order valence-corrected chi connectivity index (χ0v) is 18.5. The summed E-state index contributed by atoms with van der Waals surface area (Å²) in [5.74, 6) is 2.36. The van der Waals surface area contributed by atoms with E-state index in [1.165, 1.54) is 11.1 Å². The highest BCUT2D eigenvalue weighted by Crippen LogP contribution is 2.34. The van der Waals surface area contributed by atoms with Crippen molar-refractivity contribution in [3.8, 4) is 0 Å². The molecule has 1 saturated heterocycles. The Kier molecular flexibility index (Phi) is 7.45. The molecule has 0 saturated carbocycles. The van der Waals surface area contributed by atoms with Crippen molar-refractivity contribution in [2.75, 3.05) is 50.0 Å². The average molecular weight is 398 g/mol. The molecule has 2 aromatic rings. The Labute approximate surface area is 175 Å². The number of morpholine rings is 1. The minimum Gasteiger partial charge on any atom is -0.379 e. The third-order valence-corrected chi connectivity index (χ3v) is 5.30. The number of nitrogens with zero attached hydrogens (tertiary/aromatic N) is 3. The predicted octanol–water partition coefficient (Wildman–Crippen LogP) is 4.52. The average Bonchev–Trinajstić information content (AvgIpc) is 2.68. The molecule has 1 aromatic heterocycles. The Balaban J connectivity index is 1.75. The number of aromatic nitrogens is 2. The smallest absolute Gasteiger partial charge is 0.229 e. The van der Waals surface area contributed by atoms with E-state index in [2.05, 4.69) is 66.4 Å². The molecule has 158 valence electrons. The minimum absolute atomic E-state index is 0.423. The van der Waals surface area contributed by atoms with E-state index in [1.807, 2.05) is 13.0 Å². The van der Waals surface area contributed by atoms with Crippen LogP contribution in [0, 0.1) is 6.92 Å². The fraction of sp³-hybridized carbons (Fsp3) is 0.565. The van der Waals surface area contributed by atoms with Crippen LogP contribution in [0.4, 0.5) is 17.5 Å². The van der Waals surface area contributed by atoms with Crippen molar-refractivity contribution >= 4 is 17.5 Å². The second-order valence-electron chi connectivity index (χ2n) is 8.34. The van der Waals surface area contributed by atoms with Crippen LogP contribution in [0.5, 0.6) is 0 Å². The zero-order chi connectivity index (χ0) is 20.8. The Bertz CT molecular complexity index is 774. The van der Waals surface area contributed by atoms with Gasteiger partial charge in [-0.25, -0.2) is 4.98 Å². The minimum atomic E-state index is 0.423. The Morgan fingerprint density at radius 3 is 2.31 bits per heavy atom. The molecule has 0 unspecified atom stereocenters. The van der Waals surface area contributed by atoms with Crippen molar-refractivity contribution in [2.24, 2.45) is 0 Å². The quantitative estimate of drug-likeness (QED) is 0.683. The van der Waals surface area contributed by atoms with Crippen molar-refractivity contribution < 1.29 is 4.74 Å². The van der Waals surface area contributed by atoms with E-state index in [-0.39, 0.29) is 0 Å². The van der Waals surface area contributed by atoms with Crippen LogP contribution >= 0.6 is 0 Å². The third-order valence-electron chi connectivity index (χ3n) is 5.30. The van der Waals surface area contributed by atoms with Crippen LogP contribution in [0.3, 0.4) is 0 Å². The number of hydrogen-bond donors (Lipinski definition) is 2. The molecule has 0 aliphatic carbocycles. The van der Waals surface area contributed by atoms with E-state index >= 15 is 0 Å². The van der Waals surface area contributed by atoms with Gasteiger partial charge in [-0.15, -0.1) is 0 Å². The lowest BCUT2D eigenvalue weighted by molar-refractivity contribution is 0.0398. The van der Waals surface area contributed by atoms with E-state index in [4.69, 9.17) is 9.72 Å². The molecule has 1 aliphatic rings. The van der Waals surface area contributed by atoms with Crippen LogP contribution in [-0.4, -0.2) is 54.3 Å². The van der Waals surface area contributed by atoms with Crippen LogP contribution in [0.2, 0.25) is 0 Å². The SMILES string of the molecule is Cc1cc(NCCN2CCOCC2)nc(Nc2c(C(C)C)cccc2C(C)C)n1. The number of aryl methyl sites for hydroxylation is 1. The van der Waals surface area contributed by atoms with E-state index in [1.54, 1.807) is 0 Å². The van der Waals surface area contributed by atoms with Gasteiger partial charge in [0, 0.05) is 43.6 Å². The normalized spacial score (nSPS) is 15.1. The van der Waals surface area contributed by atoms with Gasteiger partial charge < -0.3 is 15.4 Å². The van der Waals surface area contributed by atoms with Crippen LogP contribution in [0.25, 0.3) is 0 Å². The van der Waals surface area contributed by atoms with Crippen molar-refractivity contribution in [3.05, 3.63) is 41.1 Å². The molecule has 0 bridgehead atoms. The zero-order valence-electron chi connectivity index (χ0n) is 18.5. The van der Waals surface area contributed by atoms with Crippen molar-refractivity contribution in [1.29, 1.82) is 0 Å². The number of benzene rings is 1. The lowest BCUT2D eigenvalue weighted by Gasteiger charge is -2.26. The lowest BCUT2D eigenvalue weighted by Crippen LogP contribution is -2.39. The number of hydrogen-bond acceptors (Lipinski definition) is 6. The highest BCUT2D eigenvalue weighted by Gasteiger charge is 2.15. The van der Waals surface area contributed by atoms with Crippen LogP contribution < -0.4 is 10.6 Å². The van der Waals surface area contributed by atoms with Gasteiger partial charge in [-0.05, 0) is 29.9 Å². The van der Waals surface area contributed by atoms with Gasteiger partial charge in [-0.2, -0.15) is 4.98 Å². The predicted molar refractivity (Wildman–Crippen MR) is 120 cm³/mol. The van der Waals surface area contributed by atoms with E-state index in [9.17, 15) is 0 Å². The van der Waals surface area contributed by atoms with Crippen molar-refractivity contribution in [3.63, 3.8) is 0 Å². The number of rotatable bonds is 8. The van der Waals surface area contributed by atoms with E-state index in [0.717, 1.165) is 56.6 Å². The molecule has 0 amide bonds. The summed E-state index contributed by atoms with van der Waals surface area (Å²) in [5.41, 5.74) is 4.68. The summed E-state index contributed by atoms with van der Waals surface area (Å²) < 4.78 is 5.41. The van der Waals surface area contributed by atoms with Gasteiger partial charge in [-0.1, -0.05) is 45.9 Å². The molecular weight excluding hydrogens is 362 g/mol. The van der Waals surface area contributed by atoms with Crippen LogP contribution in [0.15, 0.2) is 24.3 Å². The van der Waals surface area contributed by atoms with E-state index < -0.39 is 0 Å². The van der Waals surface area contributed by atoms with Gasteiger partial charge in [0.25, 0.3) is 0 Å². The molecule has 29 heavy (non-hydrogen) atoms. The van der Waals surface area contributed by atoms with Gasteiger partial charge in [0.05, 0.1) is 13.2 Å². The van der Waals surface area contributed by atoms with Gasteiger partial charge in [0.2, 0.25) is 5.95 Å². The largest absolute Gasteiger partial charge is 0.379 e. The molecule has 1 fully saturated rings. The number of para-hydroxylation sites is 1. The summed E-state index contributed by atoms with van der Waals surface area (Å²) in [6.07, 6.45) is 0. The molecular formula is C23H35N5O. The maximum absolute atomic E-state index is 5.41. The maximum Gasteiger partial charge on any atom is 0.229 e. The summed E-state index contributed by atoms with van der Waals surface area (Å²) in [4.78, 5) is 11.8. The van der Waals surface area contributed by atoms with Gasteiger partial charge >= 0.3 is 0 Å². The molecule has 1 aliphatic heterocycles. The molecule has 2 heterocycles. The molecule has 1 aromatic carbocycles. The molecule has 6 nitrogen and oxygen atoms in total. The highest BCUT2D eigenvalue weighted by atomic mass is 16.5. The topological polar surface area (TPSA) is 62.3 Å². The summed E-state index contributed by atoms with van der Waals surface area (Å²) in [7, 11) is 0. The Hall–Kier alpha value is -2.18. The maximum atomic E-state index is 5.41. The number of ether oxygens (including phenoxy) is 1. The number of anilines is 3. The molecule has 2 N–H and O–H groups in total. The number of nitrogens with one attached hydrogen (secondary N) is 2. The standard InChI is InChI=1S/C23H35N5O/c1-16(2)19-7-6-8-20(17(3)4)22(19)27-23-25-18(5)15-21(26-23)24-9-10-28-11-13-29-14-12-28/h6-8,15-17H,9-14H2,1-5H3,(H2,24,25,26,27). The first-order valence-corrected chi connectivity index (χ1v) is 10.7. The Morgan fingerprint density at radius 2 is 1.69 bits per heavy atom. The molecule has 3 rings (SSSR count). The first kappa shape index (κ1) is 21.5. The summed E-state index contributed by atoms with van der Waals surface area (Å²) in [6.45, 7) is 16.4. The van der Waals surface area contributed by atoms with Crippen LogP contribution in [-0.2, 0) is 4.74 Å². The van der Waals surface area contributed by atoms with Gasteiger partial charge in [0.15, 0.2) is 0 Å². The second-order valence-corrected chi connectivity index (χ2v) is 8.34. The monoisotopic (exact) mass is 397 g/mol. The summed E-state index contributed by atoms with van der Waals surface area (Å²) in [6, 6.07) is 8.53. The third kappa shape index (κ3) is 5.90. The molecule has 0 spiro atoms. The lowest BCUT2D eigenvalue weighted by atomic mass is 9.93. The van der Waals surface area contributed by atoms with Gasteiger partial charge in [0.1, 0.15) is 5.82 Å². The fourth-order valence-corrected chi connectivity index (χ4v) is 3.69. The van der Waals surface area contributed by atoms with Gasteiger partial charge in [-0.3, -0.25) is 4.90 Å². The first-order chi connectivity index (χ1) is 13.9. The van der Waals surface area contributed by atoms with Crippen LogP contribution in [0.1, 0.15) is 56.4 Å².